The molecule has 0 saturated carbocycles. The van der Waals surface area contributed by atoms with Gasteiger partial charge in [-0.2, -0.15) is 4.99 Å². The summed E-state index contributed by atoms with van der Waals surface area (Å²) in [5, 5.41) is 0.597. The number of halogens is 2. The molecule has 25 heavy (non-hydrogen) atoms. The Hall–Kier alpha value is -2.03. The van der Waals surface area contributed by atoms with Gasteiger partial charge in [-0.1, -0.05) is 34.5 Å². The summed E-state index contributed by atoms with van der Waals surface area (Å²) in [5.41, 5.74) is 0.505. The lowest BCUT2D eigenvalue weighted by molar-refractivity contribution is -0.141. The average molecular weight is 403 g/mol. The number of carbonyl (C=O) groups excluding carboxylic acids is 2. The van der Waals surface area contributed by atoms with Gasteiger partial charge in [-0.25, -0.2) is 0 Å². The molecule has 3 rings (SSSR count). The lowest BCUT2D eigenvalue weighted by Crippen LogP contribution is -2.23. The van der Waals surface area contributed by atoms with E-state index in [1.54, 1.807) is 12.1 Å². The number of fused-ring (bicyclic) bond motifs is 1. The Balaban J connectivity index is 2.16. The number of aromatic nitrogens is 1. The second kappa shape index (κ2) is 7.47. The summed E-state index contributed by atoms with van der Waals surface area (Å²) in [5.74, 6) is -1.13. The van der Waals surface area contributed by atoms with Gasteiger partial charge in [-0.05, 0) is 12.1 Å². The molecule has 2 heterocycles. The van der Waals surface area contributed by atoms with Crippen LogP contribution in [0, 0.1) is 0 Å². The van der Waals surface area contributed by atoms with Gasteiger partial charge in [0, 0.05) is 0 Å². The average Bonchev–Trinajstić information content (AvgIpc) is 2.96. The molecule has 1 aliphatic heterocycles. The van der Waals surface area contributed by atoms with Crippen LogP contribution in [0.15, 0.2) is 29.1 Å². The number of esters is 1. The Kier molecular flexibility index (Phi) is 5.31. The van der Waals surface area contributed by atoms with E-state index in [0.717, 1.165) is 4.70 Å². The third kappa shape index (κ3) is 3.65. The number of ether oxygens (including phenoxy) is 3. The molecule has 0 unspecified atom stereocenters. The van der Waals surface area contributed by atoms with Crippen LogP contribution in [-0.2, 0) is 30.3 Å². The van der Waals surface area contributed by atoms with Gasteiger partial charge < -0.3 is 18.8 Å². The van der Waals surface area contributed by atoms with Gasteiger partial charge in [0.1, 0.15) is 26.0 Å². The predicted octanol–water partition coefficient (Wildman–Crippen LogP) is 2.50. The van der Waals surface area contributed by atoms with Crippen molar-refractivity contribution in [2.24, 2.45) is 4.99 Å². The quantitative estimate of drug-likeness (QED) is 0.736. The van der Waals surface area contributed by atoms with Gasteiger partial charge in [-0.15, -0.1) is 0 Å². The molecule has 1 amide bonds. The first-order valence-corrected chi connectivity index (χ1v) is 8.66. The fourth-order valence-electron chi connectivity index (χ4n) is 2.15. The minimum Gasteiger partial charge on any atom is -0.494 e. The summed E-state index contributed by atoms with van der Waals surface area (Å²) in [4.78, 5) is 28.3. The molecule has 0 radical (unpaired) electrons. The van der Waals surface area contributed by atoms with E-state index >= 15 is 0 Å². The molecular formula is C15H12Cl2N2O5S. The highest BCUT2D eigenvalue weighted by Gasteiger charge is 2.18. The zero-order valence-electron chi connectivity index (χ0n) is 13.0. The van der Waals surface area contributed by atoms with E-state index in [2.05, 4.69) is 4.99 Å². The van der Waals surface area contributed by atoms with Crippen molar-refractivity contribution in [3.8, 4) is 0 Å². The molecule has 0 fully saturated rings. The van der Waals surface area contributed by atoms with Crippen molar-refractivity contribution in [3.63, 3.8) is 0 Å². The van der Waals surface area contributed by atoms with Crippen LogP contribution in [0.3, 0.4) is 0 Å². The Morgan fingerprint density at radius 2 is 2.16 bits per heavy atom. The van der Waals surface area contributed by atoms with Gasteiger partial charge in [0.2, 0.25) is 5.76 Å². The molecule has 0 spiro atoms. The molecule has 10 heteroatoms. The fraction of sp³-hybridized carbons (Fsp3) is 0.267. The third-order valence-electron chi connectivity index (χ3n) is 3.31. The molecule has 2 aromatic rings. The van der Waals surface area contributed by atoms with Crippen molar-refractivity contribution in [2.75, 3.05) is 20.3 Å². The van der Waals surface area contributed by atoms with Crippen LogP contribution in [0.4, 0.5) is 0 Å². The third-order valence-corrected chi connectivity index (χ3v) is 5.14. The van der Waals surface area contributed by atoms with Crippen LogP contribution in [-0.4, -0.2) is 36.8 Å². The van der Waals surface area contributed by atoms with E-state index in [1.807, 2.05) is 0 Å². The van der Waals surface area contributed by atoms with Crippen LogP contribution in [0.2, 0.25) is 10.0 Å². The number of nitrogens with zero attached hydrogens (tertiary/aromatic N) is 2. The predicted molar refractivity (Wildman–Crippen MR) is 92.4 cm³/mol. The molecule has 1 aliphatic rings. The standard InChI is InChI=1S/C15H12Cl2N2O5S/c1-22-11(20)6-19-13-10(3-2-8(16)12(13)17)25-15(19)18-14(21)9-7-23-4-5-24-9/h2-3,7H,4-6H2,1H3. The number of amides is 1. The maximum Gasteiger partial charge on any atom is 0.325 e. The number of rotatable bonds is 3. The van der Waals surface area contributed by atoms with Crippen molar-refractivity contribution in [1.29, 1.82) is 0 Å². The molecule has 0 aliphatic carbocycles. The summed E-state index contributed by atoms with van der Waals surface area (Å²) >= 11 is 13.5. The smallest absolute Gasteiger partial charge is 0.325 e. The molecule has 0 atom stereocenters. The van der Waals surface area contributed by atoms with E-state index in [9.17, 15) is 9.59 Å². The number of hydrogen-bond acceptors (Lipinski definition) is 6. The first-order chi connectivity index (χ1) is 12.0. The zero-order valence-corrected chi connectivity index (χ0v) is 15.3. The normalized spacial score (nSPS) is 14.7. The number of carbonyl (C=O) groups is 2. The number of hydrogen-bond donors (Lipinski definition) is 0. The Bertz CT molecular complexity index is 947. The van der Waals surface area contributed by atoms with Crippen molar-refractivity contribution >= 4 is 56.6 Å². The van der Waals surface area contributed by atoms with Gasteiger partial charge in [0.15, 0.2) is 4.80 Å². The lowest BCUT2D eigenvalue weighted by Gasteiger charge is -2.12. The van der Waals surface area contributed by atoms with E-state index in [4.69, 9.17) is 37.4 Å². The van der Waals surface area contributed by atoms with Crippen LogP contribution in [0.5, 0.6) is 0 Å². The number of thiazole rings is 1. The SMILES string of the molecule is COC(=O)Cn1c(=NC(=O)C2=COCCO2)sc2ccc(Cl)c(Cl)c21. The molecule has 0 saturated heterocycles. The van der Waals surface area contributed by atoms with Gasteiger partial charge >= 0.3 is 11.9 Å². The molecule has 1 aromatic carbocycles. The second-order valence-electron chi connectivity index (χ2n) is 4.87. The van der Waals surface area contributed by atoms with Crippen LogP contribution in [0.1, 0.15) is 0 Å². The van der Waals surface area contributed by atoms with E-state index < -0.39 is 11.9 Å². The molecular weight excluding hydrogens is 391 g/mol. The maximum atomic E-state index is 12.3. The Morgan fingerprint density at radius 3 is 2.84 bits per heavy atom. The summed E-state index contributed by atoms with van der Waals surface area (Å²) in [6.07, 6.45) is 1.22. The van der Waals surface area contributed by atoms with Crippen LogP contribution in [0.25, 0.3) is 10.2 Å². The van der Waals surface area contributed by atoms with E-state index in [0.29, 0.717) is 17.1 Å². The summed E-state index contributed by atoms with van der Waals surface area (Å²) in [6.45, 7) is 0.471. The Morgan fingerprint density at radius 1 is 1.36 bits per heavy atom. The summed E-state index contributed by atoms with van der Waals surface area (Å²) in [7, 11) is 1.27. The van der Waals surface area contributed by atoms with Crippen LogP contribution >= 0.6 is 34.5 Å². The number of methoxy groups -OCH3 is 1. The van der Waals surface area contributed by atoms with Gasteiger partial charge in [0.05, 0.1) is 27.4 Å². The lowest BCUT2D eigenvalue weighted by atomic mass is 10.3. The highest BCUT2D eigenvalue weighted by Crippen LogP contribution is 2.32. The first kappa shape index (κ1) is 17.8. The van der Waals surface area contributed by atoms with Crippen molar-refractivity contribution in [3.05, 3.63) is 39.0 Å². The summed E-state index contributed by atoms with van der Waals surface area (Å²) in [6, 6.07) is 3.38. The molecule has 1 aromatic heterocycles. The fourth-order valence-corrected chi connectivity index (χ4v) is 3.66. The van der Waals surface area contributed by atoms with Gasteiger partial charge in [0.25, 0.3) is 0 Å². The molecule has 0 N–H and O–H groups in total. The summed E-state index contributed by atoms with van der Waals surface area (Å²) < 4.78 is 17.2. The largest absolute Gasteiger partial charge is 0.494 e. The van der Waals surface area contributed by atoms with Crippen LogP contribution < -0.4 is 4.80 Å². The monoisotopic (exact) mass is 402 g/mol. The van der Waals surface area contributed by atoms with Crippen molar-refractivity contribution in [1.82, 2.24) is 4.57 Å². The minimum atomic E-state index is -0.618. The zero-order chi connectivity index (χ0) is 18.0. The van der Waals surface area contributed by atoms with E-state index in [-0.39, 0.29) is 28.7 Å². The number of benzene rings is 1. The molecule has 132 valence electrons. The second-order valence-corrected chi connectivity index (χ2v) is 6.67. The molecule has 7 nitrogen and oxygen atoms in total. The molecule has 0 bridgehead atoms. The van der Waals surface area contributed by atoms with E-state index in [1.165, 1.54) is 29.3 Å². The minimum absolute atomic E-state index is 0.00236. The van der Waals surface area contributed by atoms with Crippen molar-refractivity contribution in [2.45, 2.75) is 6.54 Å². The first-order valence-electron chi connectivity index (χ1n) is 7.09. The van der Waals surface area contributed by atoms with Crippen molar-refractivity contribution < 1.29 is 23.8 Å². The van der Waals surface area contributed by atoms with Gasteiger partial charge in [-0.3, -0.25) is 9.59 Å². The maximum absolute atomic E-state index is 12.3. The highest BCUT2D eigenvalue weighted by molar-refractivity contribution is 7.16. The highest BCUT2D eigenvalue weighted by atomic mass is 35.5. The topological polar surface area (TPSA) is 79.1 Å². The Labute approximate surface area is 156 Å².